The Labute approximate surface area is 184 Å². The molecule has 9 nitrogen and oxygen atoms in total. The molecule has 1 aromatic carbocycles. The predicted octanol–water partition coefficient (Wildman–Crippen LogP) is 3.70. The van der Waals surface area contributed by atoms with Crippen LogP contribution in [-0.2, 0) is 16.1 Å². The first kappa shape index (κ1) is 21.1. The Bertz CT molecular complexity index is 1230. The molecule has 0 aliphatic carbocycles. The number of carbonyl (C=O) groups excluding carboxylic acids is 1. The van der Waals surface area contributed by atoms with Gasteiger partial charge in [0.2, 0.25) is 5.82 Å². The summed E-state index contributed by atoms with van der Waals surface area (Å²) in [6, 6.07) is 7.73. The summed E-state index contributed by atoms with van der Waals surface area (Å²) in [6.07, 6.45) is 3.13. The van der Waals surface area contributed by atoms with Crippen molar-refractivity contribution in [2.45, 2.75) is 6.61 Å². The first-order valence-corrected chi connectivity index (χ1v) is 9.97. The van der Waals surface area contributed by atoms with Gasteiger partial charge in [0.15, 0.2) is 0 Å². The van der Waals surface area contributed by atoms with Crippen LogP contribution in [0.5, 0.6) is 0 Å². The second-order valence-electron chi connectivity index (χ2n) is 6.42. The number of fused-ring (bicyclic) bond motifs is 1. The van der Waals surface area contributed by atoms with E-state index in [1.807, 2.05) is 6.07 Å². The number of methoxy groups -OCH3 is 1. The molecule has 0 bridgehead atoms. The highest BCUT2D eigenvalue weighted by Crippen LogP contribution is 2.24. The van der Waals surface area contributed by atoms with Crippen LogP contribution in [0.1, 0.15) is 16.4 Å². The molecule has 3 aromatic heterocycles. The van der Waals surface area contributed by atoms with Crippen LogP contribution in [0, 0.1) is 5.82 Å². The molecule has 4 aromatic rings. The summed E-state index contributed by atoms with van der Waals surface area (Å²) in [5, 5.41) is 6.46. The number of nitrogens with one attached hydrogen (secondary N) is 1. The maximum atomic E-state index is 14.4. The number of hydrogen-bond acceptors (Lipinski definition) is 7. The lowest BCUT2D eigenvalue weighted by Gasteiger charge is -2.08. The fourth-order valence-corrected chi connectivity index (χ4v) is 3.14. The van der Waals surface area contributed by atoms with E-state index >= 15 is 0 Å². The molecule has 0 aliphatic heterocycles. The molecular weight excluding hydrogens is 473 g/mol. The molecule has 1 amide bonds. The summed E-state index contributed by atoms with van der Waals surface area (Å²) < 4.78 is 32.1. The fourth-order valence-electron chi connectivity index (χ4n) is 2.80. The van der Waals surface area contributed by atoms with E-state index in [1.165, 1.54) is 24.4 Å². The van der Waals surface area contributed by atoms with Crippen molar-refractivity contribution in [2.24, 2.45) is 0 Å². The lowest BCUT2D eigenvalue weighted by molar-refractivity contribution is 0.0494. The zero-order chi connectivity index (χ0) is 21.8. The Balaban J connectivity index is 1.52. The molecule has 31 heavy (non-hydrogen) atoms. The lowest BCUT2D eigenvalue weighted by Crippen LogP contribution is -2.15. The summed E-state index contributed by atoms with van der Waals surface area (Å²) in [7, 11) is 1.58. The zero-order valence-electron chi connectivity index (χ0n) is 16.3. The van der Waals surface area contributed by atoms with Gasteiger partial charge in [-0.3, -0.25) is 9.20 Å². The molecule has 0 atom stereocenters. The molecule has 3 heterocycles. The molecule has 0 saturated heterocycles. The number of benzene rings is 1. The van der Waals surface area contributed by atoms with Crippen LogP contribution < -0.4 is 5.32 Å². The maximum absolute atomic E-state index is 14.4. The van der Waals surface area contributed by atoms with Crippen LogP contribution >= 0.6 is 15.9 Å². The van der Waals surface area contributed by atoms with Gasteiger partial charge in [0.05, 0.1) is 25.1 Å². The van der Waals surface area contributed by atoms with E-state index in [2.05, 4.69) is 36.4 Å². The third kappa shape index (κ3) is 4.79. The molecule has 160 valence electrons. The van der Waals surface area contributed by atoms with E-state index in [4.69, 9.17) is 14.0 Å². The van der Waals surface area contributed by atoms with Crippen molar-refractivity contribution >= 4 is 33.2 Å². The van der Waals surface area contributed by atoms with Crippen molar-refractivity contribution in [1.82, 2.24) is 19.5 Å². The van der Waals surface area contributed by atoms with Gasteiger partial charge in [0, 0.05) is 23.3 Å². The molecule has 11 heteroatoms. The van der Waals surface area contributed by atoms with Crippen LogP contribution in [0.25, 0.3) is 17.0 Å². The molecule has 0 saturated carbocycles. The van der Waals surface area contributed by atoms with Crippen LogP contribution in [-0.4, -0.2) is 45.8 Å². The second kappa shape index (κ2) is 9.33. The minimum absolute atomic E-state index is 0.0184. The van der Waals surface area contributed by atoms with Crippen molar-refractivity contribution in [2.75, 3.05) is 25.6 Å². The highest BCUT2D eigenvalue weighted by molar-refractivity contribution is 9.10. The molecule has 0 fully saturated rings. The Kier molecular flexibility index (Phi) is 6.35. The van der Waals surface area contributed by atoms with Gasteiger partial charge in [-0.1, -0.05) is 5.16 Å². The number of aromatic nitrogens is 4. The van der Waals surface area contributed by atoms with Crippen LogP contribution in [0.4, 0.5) is 10.1 Å². The fraction of sp³-hybridized carbons (Fsp3) is 0.200. The molecular formula is C20H17BrFN5O4. The van der Waals surface area contributed by atoms with Gasteiger partial charge in [-0.05, 0) is 46.3 Å². The number of anilines is 1. The molecule has 4 rings (SSSR count). The minimum Gasteiger partial charge on any atom is -0.382 e. The van der Waals surface area contributed by atoms with E-state index in [0.717, 1.165) is 4.47 Å². The summed E-state index contributed by atoms with van der Waals surface area (Å²) in [4.78, 5) is 21.2. The number of carbonyl (C=O) groups is 1. The molecule has 0 radical (unpaired) electrons. The summed E-state index contributed by atoms with van der Waals surface area (Å²) in [6.45, 7) is 0.969. The molecule has 1 N–H and O–H groups in total. The monoisotopic (exact) mass is 489 g/mol. The van der Waals surface area contributed by atoms with Crippen molar-refractivity contribution in [1.29, 1.82) is 0 Å². The Morgan fingerprint density at radius 1 is 1.29 bits per heavy atom. The van der Waals surface area contributed by atoms with Crippen molar-refractivity contribution in [3.05, 3.63) is 64.6 Å². The number of amides is 1. The normalized spacial score (nSPS) is 11.2. The third-order valence-corrected chi connectivity index (χ3v) is 4.77. The van der Waals surface area contributed by atoms with Gasteiger partial charge < -0.3 is 19.3 Å². The summed E-state index contributed by atoms with van der Waals surface area (Å²) in [5.41, 5.74) is 1.31. The number of rotatable bonds is 8. The highest BCUT2D eigenvalue weighted by atomic mass is 79.9. The maximum Gasteiger partial charge on any atom is 0.274 e. The average Bonchev–Trinajstić information content (AvgIpc) is 3.40. The highest BCUT2D eigenvalue weighted by Gasteiger charge is 2.17. The van der Waals surface area contributed by atoms with Crippen molar-refractivity contribution in [3.63, 3.8) is 0 Å². The largest absolute Gasteiger partial charge is 0.382 e. The van der Waals surface area contributed by atoms with Gasteiger partial charge in [0.1, 0.15) is 23.8 Å². The predicted molar refractivity (Wildman–Crippen MR) is 112 cm³/mol. The van der Waals surface area contributed by atoms with E-state index in [1.54, 1.807) is 23.8 Å². The quantitative estimate of drug-likeness (QED) is 0.376. The minimum atomic E-state index is -0.598. The lowest BCUT2D eigenvalue weighted by atomic mass is 10.2. The van der Waals surface area contributed by atoms with Crippen molar-refractivity contribution < 1.29 is 23.2 Å². The smallest absolute Gasteiger partial charge is 0.274 e. The number of halogens is 2. The van der Waals surface area contributed by atoms with Crippen LogP contribution in [0.2, 0.25) is 0 Å². The van der Waals surface area contributed by atoms with Crippen LogP contribution in [0.15, 0.2) is 51.7 Å². The molecule has 0 spiro atoms. The number of nitrogens with zero attached hydrogens (tertiary/aromatic N) is 4. The second-order valence-corrected chi connectivity index (χ2v) is 7.34. The third-order valence-electron chi connectivity index (χ3n) is 4.30. The topological polar surface area (TPSA) is 104 Å². The van der Waals surface area contributed by atoms with E-state index < -0.39 is 11.7 Å². The first-order chi connectivity index (χ1) is 15.0. The first-order valence-electron chi connectivity index (χ1n) is 9.18. The Morgan fingerprint density at radius 2 is 2.16 bits per heavy atom. The van der Waals surface area contributed by atoms with Crippen molar-refractivity contribution in [3.8, 4) is 11.4 Å². The van der Waals surface area contributed by atoms with E-state index in [-0.39, 0.29) is 29.7 Å². The molecule has 0 aliphatic rings. The van der Waals surface area contributed by atoms with Crippen LogP contribution in [0.3, 0.4) is 0 Å². The van der Waals surface area contributed by atoms with E-state index in [0.29, 0.717) is 24.4 Å². The Hall–Kier alpha value is -3.15. The summed E-state index contributed by atoms with van der Waals surface area (Å²) in [5.74, 6) is -0.586. The molecule has 0 unspecified atom stereocenters. The van der Waals surface area contributed by atoms with Gasteiger partial charge in [-0.2, -0.15) is 4.98 Å². The number of hydrogen-bond donors (Lipinski definition) is 1. The van der Waals surface area contributed by atoms with Gasteiger partial charge >= 0.3 is 0 Å². The Morgan fingerprint density at radius 3 is 3.00 bits per heavy atom. The standard InChI is InChI=1S/C20H17BrFN5O4/c1-29-6-7-30-11-18-25-19(26-31-18)12-2-4-14(22)15(8-12)24-20(28)16-9-23-17-5-3-13(21)10-27(16)17/h2-5,8-10H,6-7,11H2,1H3,(H,24,28). The average molecular weight is 490 g/mol. The zero-order valence-corrected chi connectivity index (χ0v) is 17.9. The summed E-state index contributed by atoms with van der Waals surface area (Å²) >= 11 is 3.36. The number of ether oxygens (including phenoxy) is 2. The SMILES string of the molecule is COCCOCc1nc(-c2ccc(F)c(NC(=O)c3cnc4ccc(Br)cn34)c2)no1. The van der Waals surface area contributed by atoms with Gasteiger partial charge in [-0.15, -0.1) is 0 Å². The number of imidazole rings is 1. The number of pyridine rings is 1. The van der Waals surface area contributed by atoms with Gasteiger partial charge in [0.25, 0.3) is 11.8 Å². The van der Waals surface area contributed by atoms with Gasteiger partial charge in [-0.25, -0.2) is 9.37 Å². The van der Waals surface area contributed by atoms with E-state index in [9.17, 15) is 9.18 Å².